The highest BCUT2D eigenvalue weighted by Gasteiger charge is 2.20. The van der Waals surface area contributed by atoms with Crippen LogP contribution in [-0.4, -0.2) is 38.0 Å². The van der Waals surface area contributed by atoms with Crippen LogP contribution < -0.4 is 5.32 Å². The second kappa shape index (κ2) is 8.09. The van der Waals surface area contributed by atoms with Gasteiger partial charge in [0, 0.05) is 13.1 Å². The predicted octanol–water partition coefficient (Wildman–Crippen LogP) is 1.50. The van der Waals surface area contributed by atoms with E-state index in [4.69, 9.17) is 0 Å². The van der Waals surface area contributed by atoms with Crippen molar-refractivity contribution >= 4 is 15.9 Å². The van der Waals surface area contributed by atoms with E-state index in [0.29, 0.717) is 12.1 Å². The molecule has 0 aliphatic carbocycles. The summed E-state index contributed by atoms with van der Waals surface area (Å²) in [6, 6.07) is 5.53. The van der Waals surface area contributed by atoms with Crippen LogP contribution in [0.3, 0.4) is 0 Å². The van der Waals surface area contributed by atoms with Gasteiger partial charge in [-0.15, -0.1) is 0 Å². The maximum absolute atomic E-state index is 12.8. The molecule has 0 saturated carbocycles. The molecule has 21 heavy (non-hydrogen) atoms. The van der Waals surface area contributed by atoms with Gasteiger partial charge in [0.2, 0.25) is 15.9 Å². The average Bonchev–Trinajstić information content (AvgIpc) is 2.40. The van der Waals surface area contributed by atoms with Crippen LogP contribution in [-0.2, 0) is 21.4 Å². The van der Waals surface area contributed by atoms with Gasteiger partial charge in [0.1, 0.15) is 5.82 Å². The van der Waals surface area contributed by atoms with Crippen LogP contribution in [0.5, 0.6) is 0 Å². The van der Waals surface area contributed by atoms with Crippen molar-refractivity contribution < 1.29 is 17.6 Å². The predicted molar refractivity (Wildman–Crippen MR) is 79.6 cm³/mol. The number of nitrogens with one attached hydrogen (secondary N) is 1. The normalized spacial score (nSPS) is 11.6. The lowest BCUT2D eigenvalue weighted by Crippen LogP contribution is -2.40. The van der Waals surface area contributed by atoms with Crippen molar-refractivity contribution in [1.82, 2.24) is 9.62 Å². The smallest absolute Gasteiger partial charge is 0.235 e. The lowest BCUT2D eigenvalue weighted by molar-refractivity contribution is -0.121. The number of halogens is 1. The maximum Gasteiger partial charge on any atom is 0.235 e. The van der Waals surface area contributed by atoms with Crippen molar-refractivity contribution in [3.8, 4) is 0 Å². The van der Waals surface area contributed by atoms with Crippen molar-refractivity contribution in [3.63, 3.8) is 0 Å². The molecular weight excluding hydrogens is 295 g/mol. The zero-order valence-electron chi connectivity index (χ0n) is 12.3. The van der Waals surface area contributed by atoms with Crippen LogP contribution >= 0.6 is 0 Å². The van der Waals surface area contributed by atoms with E-state index in [9.17, 15) is 17.6 Å². The third kappa shape index (κ3) is 6.68. The van der Waals surface area contributed by atoms with Crippen LogP contribution in [0.4, 0.5) is 4.39 Å². The highest BCUT2D eigenvalue weighted by atomic mass is 32.2. The first-order valence-corrected chi connectivity index (χ1v) is 8.64. The number of carbonyl (C=O) groups excluding carboxylic acids is 1. The van der Waals surface area contributed by atoms with E-state index in [1.807, 2.05) is 6.92 Å². The van der Waals surface area contributed by atoms with Gasteiger partial charge in [0.15, 0.2) is 0 Å². The Balaban J connectivity index is 2.69. The Morgan fingerprint density at radius 1 is 1.29 bits per heavy atom. The van der Waals surface area contributed by atoms with Gasteiger partial charge >= 0.3 is 0 Å². The number of unbranched alkanes of at least 4 members (excludes halogenated alkanes) is 1. The summed E-state index contributed by atoms with van der Waals surface area (Å²) in [5.41, 5.74) is 0.628. The molecule has 1 aromatic rings. The molecule has 1 N–H and O–H groups in total. The molecule has 0 aliphatic rings. The SMILES string of the molecule is CCCCNC(=O)CN(Cc1ccc(F)cc1)S(C)(=O)=O. The van der Waals surface area contributed by atoms with E-state index in [1.165, 1.54) is 24.3 Å². The fourth-order valence-electron chi connectivity index (χ4n) is 1.70. The van der Waals surface area contributed by atoms with Gasteiger partial charge in [0.05, 0.1) is 12.8 Å². The fourth-order valence-corrected chi connectivity index (χ4v) is 2.44. The maximum atomic E-state index is 12.8. The molecule has 7 heteroatoms. The quantitative estimate of drug-likeness (QED) is 0.739. The van der Waals surface area contributed by atoms with Gasteiger partial charge in [0.25, 0.3) is 0 Å². The van der Waals surface area contributed by atoms with E-state index < -0.39 is 10.0 Å². The summed E-state index contributed by atoms with van der Waals surface area (Å²) in [5.74, 6) is -0.724. The molecule has 0 aliphatic heterocycles. The monoisotopic (exact) mass is 316 g/mol. The Kier molecular flexibility index (Phi) is 6.77. The van der Waals surface area contributed by atoms with E-state index in [1.54, 1.807) is 0 Å². The molecule has 0 unspecified atom stereocenters. The van der Waals surface area contributed by atoms with Gasteiger partial charge in [-0.25, -0.2) is 12.8 Å². The molecule has 5 nitrogen and oxygen atoms in total. The van der Waals surface area contributed by atoms with Crippen molar-refractivity contribution in [1.29, 1.82) is 0 Å². The fraction of sp³-hybridized carbons (Fsp3) is 0.500. The number of amides is 1. The minimum Gasteiger partial charge on any atom is -0.355 e. The molecule has 0 saturated heterocycles. The average molecular weight is 316 g/mol. The largest absolute Gasteiger partial charge is 0.355 e. The minimum absolute atomic E-state index is 0.0420. The number of hydrogen-bond donors (Lipinski definition) is 1. The van der Waals surface area contributed by atoms with Gasteiger partial charge in [-0.1, -0.05) is 25.5 Å². The third-order valence-electron chi connectivity index (χ3n) is 2.91. The summed E-state index contributed by atoms with van der Waals surface area (Å²) in [7, 11) is -3.52. The molecule has 0 fully saturated rings. The summed E-state index contributed by atoms with van der Waals surface area (Å²) in [5, 5.41) is 2.68. The summed E-state index contributed by atoms with van der Waals surface area (Å²) in [6.07, 6.45) is 2.85. The molecule has 1 rings (SSSR count). The van der Waals surface area contributed by atoms with Crippen LogP contribution in [0, 0.1) is 5.82 Å². The molecule has 1 amide bonds. The van der Waals surface area contributed by atoms with Crippen molar-refractivity contribution in [2.24, 2.45) is 0 Å². The number of rotatable bonds is 8. The van der Waals surface area contributed by atoms with Gasteiger partial charge in [-0.05, 0) is 24.1 Å². The number of carbonyl (C=O) groups is 1. The van der Waals surface area contributed by atoms with Crippen LogP contribution in [0.25, 0.3) is 0 Å². The van der Waals surface area contributed by atoms with Crippen molar-refractivity contribution in [3.05, 3.63) is 35.6 Å². The topological polar surface area (TPSA) is 66.5 Å². The second-order valence-corrected chi connectivity index (χ2v) is 6.84. The first kappa shape index (κ1) is 17.6. The van der Waals surface area contributed by atoms with E-state index in [-0.39, 0.29) is 24.8 Å². The molecule has 0 bridgehead atoms. The summed E-state index contributed by atoms with van der Waals surface area (Å²) in [6.45, 7) is 2.34. The third-order valence-corrected chi connectivity index (χ3v) is 4.11. The van der Waals surface area contributed by atoms with Crippen LogP contribution in [0.2, 0.25) is 0 Å². The van der Waals surface area contributed by atoms with Gasteiger partial charge < -0.3 is 5.32 Å². The number of benzene rings is 1. The standard InChI is InChI=1S/C14H21FN2O3S/c1-3-4-9-16-14(18)11-17(21(2,19)20)10-12-5-7-13(15)8-6-12/h5-8H,3-4,9-11H2,1-2H3,(H,16,18). The second-order valence-electron chi connectivity index (χ2n) is 4.86. The first-order chi connectivity index (χ1) is 9.82. The molecule has 0 spiro atoms. The van der Waals surface area contributed by atoms with E-state index in [2.05, 4.69) is 5.32 Å². The highest BCUT2D eigenvalue weighted by Crippen LogP contribution is 2.09. The van der Waals surface area contributed by atoms with E-state index >= 15 is 0 Å². The Labute approximate surface area is 125 Å². The summed E-state index contributed by atoms with van der Waals surface area (Å²) >= 11 is 0. The molecular formula is C14H21FN2O3S. The molecule has 118 valence electrons. The summed E-state index contributed by atoms with van der Waals surface area (Å²) < 4.78 is 37.4. The molecule has 0 atom stereocenters. The first-order valence-electron chi connectivity index (χ1n) is 6.79. The Bertz CT molecular complexity index is 558. The highest BCUT2D eigenvalue weighted by molar-refractivity contribution is 7.88. The van der Waals surface area contributed by atoms with E-state index in [0.717, 1.165) is 23.4 Å². The zero-order valence-corrected chi connectivity index (χ0v) is 13.1. The summed E-state index contributed by atoms with van der Waals surface area (Å²) in [4.78, 5) is 11.7. The van der Waals surface area contributed by atoms with Crippen molar-refractivity contribution in [2.75, 3.05) is 19.3 Å². The Hall–Kier alpha value is -1.47. The molecule has 0 radical (unpaired) electrons. The van der Waals surface area contributed by atoms with Gasteiger partial charge in [-0.2, -0.15) is 4.31 Å². The lowest BCUT2D eigenvalue weighted by atomic mass is 10.2. The number of hydrogen-bond acceptors (Lipinski definition) is 3. The number of sulfonamides is 1. The van der Waals surface area contributed by atoms with Crippen LogP contribution in [0.15, 0.2) is 24.3 Å². The van der Waals surface area contributed by atoms with Gasteiger partial charge in [-0.3, -0.25) is 4.79 Å². The molecule has 0 heterocycles. The lowest BCUT2D eigenvalue weighted by Gasteiger charge is -2.19. The zero-order chi connectivity index (χ0) is 15.9. The molecule has 0 aromatic heterocycles. The van der Waals surface area contributed by atoms with Crippen LogP contribution in [0.1, 0.15) is 25.3 Å². The minimum atomic E-state index is -3.52. The Morgan fingerprint density at radius 2 is 1.90 bits per heavy atom. The molecule has 1 aromatic carbocycles. The van der Waals surface area contributed by atoms with Crippen molar-refractivity contribution in [2.45, 2.75) is 26.3 Å². The number of nitrogens with zero attached hydrogens (tertiary/aromatic N) is 1. The Morgan fingerprint density at radius 3 is 2.43 bits per heavy atom.